The molecule has 0 spiro atoms. The van der Waals surface area contributed by atoms with Gasteiger partial charge in [0.15, 0.2) is 0 Å². The molecule has 3 heteroatoms. The van der Waals surface area contributed by atoms with E-state index in [1.807, 2.05) is 27.8 Å². The molecule has 0 aliphatic rings. The molecular weight excluding hydrogens is 202 g/mol. The van der Waals surface area contributed by atoms with Gasteiger partial charge in [-0.25, -0.2) is 0 Å². The predicted molar refractivity (Wildman–Crippen MR) is 70.9 cm³/mol. The molecule has 0 fully saturated rings. The van der Waals surface area contributed by atoms with E-state index >= 15 is 0 Å². The average Bonchev–Trinajstić information content (AvgIpc) is 2.29. The molecule has 0 bridgehead atoms. The van der Waals surface area contributed by atoms with Crippen molar-refractivity contribution in [3.63, 3.8) is 0 Å². The number of rotatable bonds is 9. The van der Waals surface area contributed by atoms with Crippen molar-refractivity contribution >= 4 is 0 Å². The van der Waals surface area contributed by atoms with Crippen LogP contribution in [-0.2, 0) is 4.74 Å². The maximum Gasteiger partial charge on any atom is 0.0900 e. The highest BCUT2D eigenvalue weighted by atomic mass is 16.5. The Labute approximate surface area is 102 Å². The molecule has 1 N–H and O–H groups in total. The Morgan fingerprint density at radius 3 is 2.31 bits per heavy atom. The summed E-state index contributed by atoms with van der Waals surface area (Å²) in [6.07, 6.45) is 3.39. The maximum atomic E-state index is 9.54. The Morgan fingerprint density at radius 1 is 1.19 bits per heavy atom. The van der Waals surface area contributed by atoms with E-state index < -0.39 is 0 Å². The molecule has 0 heterocycles. The lowest BCUT2D eigenvalue weighted by Gasteiger charge is -2.20. The van der Waals surface area contributed by atoms with E-state index in [0.29, 0.717) is 19.8 Å². The zero-order chi connectivity index (χ0) is 12.8. The third-order valence-electron chi connectivity index (χ3n) is 2.18. The van der Waals surface area contributed by atoms with Crippen molar-refractivity contribution in [2.24, 2.45) is 0 Å². The molecule has 0 aromatic rings. The van der Waals surface area contributed by atoms with Gasteiger partial charge in [-0.05, 0) is 26.9 Å². The van der Waals surface area contributed by atoms with Gasteiger partial charge in [-0.3, -0.25) is 0 Å². The fourth-order valence-corrected chi connectivity index (χ4v) is 1.39. The van der Waals surface area contributed by atoms with E-state index in [2.05, 4.69) is 11.8 Å². The molecule has 0 saturated carbocycles. The molecule has 0 aromatic heterocycles. The molecular formula is C13H31NO2. The first kappa shape index (κ1) is 18.3. The van der Waals surface area contributed by atoms with Crippen LogP contribution in [0.15, 0.2) is 0 Å². The second kappa shape index (κ2) is 14.9. The highest BCUT2D eigenvalue weighted by molar-refractivity contribution is 4.60. The minimum Gasteiger partial charge on any atom is -0.389 e. The summed E-state index contributed by atoms with van der Waals surface area (Å²) in [6.45, 7) is 11.0. The first-order chi connectivity index (χ1) is 7.70. The van der Waals surface area contributed by atoms with Gasteiger partial charge >= 0.3 is 0 Å². The molecule has 1 atom stereocenters. The fourth-order valence-electron chi connectivity index (χ4n) is 1.39. The highest BCUT2D eigenvalue weighted by Gasteiger charge is 2.07. The van der Waals surface area contributed by atoms with Crippen molar-refractivity contribution in [1.82, 2.24) is 4.90 Å². The van der Waals surface area contributed by atoms with Crippen LogP contribution < -0.4 is 0 Å². The molecule has 0 saturated heterocycles. The number of hydrogen-bond acceptors (Lipinski definition) is 3. The van der Waals surface area contributed by atoms with Crippen LogP contribution in [-0.4, -0.2) is 49.5 Å². The number of aliphatic hydroxyl groups is 1. The molecule has 1 unspecified atom stereocenters. The Morgan fingerprint density at radius 2 is 1.81 bits per heavy atom. The number of unbranched alkanes of at least 4 members (excludes halogenated alkanes) is 2. The molecule has 0 rings (SSSR count). The van der Waals surface area contributed by atoms with Gasteiger partial charge in [-0.15, -0.1) is 0 Å². The van der Waals surface area contributed by atoms with Gasteiger partial charge in [0.25, 0.3) is 0 Å². The van der Waals surface area contributed by atoms with Crippen molar-refractivity contribution in [3.8, 4) is 0 Å². The molecule has 0 aliphatic carbocycles. The Kier molecular flexibility index (Phi) is 17.0. The van der Waals surface area contributed by atoms with Crippen LogP contribution in [0.3, 0.4) is 0 Å². The summed E-state index contributed by atoms with van der Waals surface area (Å²) in [5, 5.41) is 9.54. The summed E-state index contributed by atoms with van der Waals surface area (Å²) >= 11 is 0. The van der Waals surface area contributed by atoms with Crippen LogP contribution in [0.4, 0.5) is 0 Å². The van der Waals surface area contributed by atoms with Gasteiger partial charge in [0.1, 0.15) is 0 Å². The van der Waals surface area contributed by atoms with E-state index in [4.69, 9.17) is 4.74 Å². The zero-order valence-electron chi connectivity index (χ0n) is 11.8. The molecule has 0 aliphatic heterocycles. The average molecular weight is 233 g/mol. The van der Waals surface area contributed by atoms with Gasteiger partial charge in [-0.1, -0.05) is 33.6 Å². The van der Waals surface area contributed by atoms with Gasteiger partial charge < -0.3 is 14.7 Å². The normalized spacial score (nSPS) is 12.2. The minimum atomic E-state index is -0.346. The summed E-state index contributed by atoms with van der Waals surface area (Å²) in [5.41, 5.74) is 0. The lowest BCUT2D eigenvalue weighted by molar-refractivity contribution is 0.0254. The summed E-state index contributed by atoms with van der Waals surface area (Å²) in [6, 6.07) is 0. The van der Waals surface area contributed by atoms with Crippen molar-refractivity contribution < 1.29 is 9.84 Å². The molecule has 0 amide bonds. The Balaban J connectivity index is 0. The van der Waals surface area contributed by atoms with Crippen molar-refractivity contribution in [2.75, 3.05) is 33.4 Å². The van der Waals surface area contributed by atoms with Crippen LogP contribution in [0.25, 0.3) is 0 Å². The quantitative estimate of drug-likeness (QED) is 0.621. The smallest absolute Gasteiger partial charge is 0.0900 e. The third kappa shape index (κ3) is 13.9. The fraction of sp³-hybridized carbons (Fsp3) is 1.00. The lowest BCUT2D eigenvalue weighted by Crippen LogP contribution is -2.32. The van der Waals surface area contributed by atoms with Crippen molar-refractivity contribution in [3.05, 3.63) is 0 Å². The second-order valence-corrected chi connectivity index (χ2v) is 3.78. The first-order valence-corrected chi connectivity index (χ1v) is 6.65. The molecule has 0 radical (unpaired) electrons. The highest BCUT2D eigenvalue weighted by Crippen LogP contribution is 1.97. The summed E-state index contributed by atoms with van der Waals surface area (Å²) in [7, 11) is 2.05. The summed E-state index contributed by atoms with van der Waals surface area (Å²) < 4.78 is 5.15. The van der Waals surface area contributed by atoms with E-state index in [9.17, 15) is 5.11 Å². The van der Waals surface area contributed by atoms with Crippen LogP contribution in [0.5, 0.6) is 0 Å². The number of aliphatic hydroxyl groups excluding tert-OH is 1. The molecule has 100 valence electrons. The van der Waals surface area contributed by atoms with Gasteiger partial charge in [-0.2, -0.15) is 0 Å². The van der Waals surface area contributed by atoms with Crippen LogP contribution >= 0.6 is 0 Å². The third-order valence-corrected chi connectivity index (χ3v) is 2.18. The predicted octanol–water partition coefficient (Wildman–Crippen LogP) is 2.53. The van der Waals surface area contributed by atoms with Crippen LogP contribution in [0, 0.1) is 0 Å². The summed E-state index contributed by atoms with van der Waals surface area (Å²) in [5.74, 6) is 0. The van der Waals surface area contributed by atoms with E-state index in [-0.39, 0.29) is 6.10 Å². The minimum absolute atomic E-state index is 0.346. The first-order valence-electron chi connectivity index (χ1n) is 6.65. The van der Waals surface area contributed by atoms with E-state index in [1.54, 1.807) is 0 Å². The Hall–Kier alpha value is -0.120. The number of ether oxygens (including phenoxy) is 1. The van der Waals surface area contributed by atoms with Crippen LogP contribution in [0.1, 0.15) is 47.0 Å². The number of hydrogen-bond donors (Lipinski definition) is 1. The monoisotopic (exact) mass is 233 g/mol. The zero-order valence-corrected chi connectivity index (χ0v) is 11.8. The second-order valence-electron chi connectivity index (χ2n) is 3.78. The molecule has 0 aromatic carbocycles. The van der Waals surface area contributed by atoms with Crippen LogP contribution in [0.2, 0.25) is 0 Å². The molecule has 3 nitrogen and oxygen atoms in total. The Bertz CT molecular complexity index is 121. The van der Waals surface area contributed by atoms with E-state index in [1.165, 1.54) is 19.3 Å². The van der Waals surface area contributed by atoms with E-state index in [0.717, 1.165) is 6.54 Å². The van der Waals surface area contributed by atoms with Crippen molar-refractivity contribution in [2.45, 2.75) is 53.1 Å². The van der Waals surface area contributed by atoms with Gasteiger partial charge in [0.2, 0.25) is 0 Å². The largest absolute Gasteiger partial charge is 0.389 e. The van der Waals surface area contributed by atoms with Crippen molar-refractivity contribution in [1.29, 1.82) is 0 Å². The number of nitrogens with zero attached hydrogens (tertiary/aromatic N) is 1. The summed E-state index contributed by atoms with van der Waals surface area (Å²) in [4.78, 5) is 2.17. The topological polar surface area (TPSA) is 32.7 Å². The van der Waals surface area contributed by atoms with Gasteiger partial charge in [0, 0.05) is 13.2 Å². The molecule has 16 heavy (non-hydrogen) atoms. The standard InChI is InChI=1S/C11H25NO2.C2H6/c1-4-6-7-8-12(3)9-11(13)10-14-5-2;1-2/h11,13H,4-10H2,1-3H3;1-2H3. The lowest BCUT2D eigenvalue weighted by atomic mass is 10.2. The van der Waals surface area contributed by atoms with Gasteiger partial charge in [0.05, 0.1) is 12.7 Å². The maximum absolute atomic E-state index is 9.54. The number of likely N-dealkylation sites (N-methyl/N-ethyl adjacent to an activating group) is 1. The SMILES string of the molecule is CC.CCCCCN(C)CC(O)COCC.